The van der Waals surface area contributed by atoms with Gasteiger partial charge in [0, 0.05) is 36.3 Å². The van der Waals surface area contributed by atoms with Crippen LogP contribution in [0.1, 0.15) is 33.0 Å². The Bertz CT molecular complexity index is 1430. The molecule has 0 aliphatic carbocycles. The van der Waals surface area contributed by atoms with E-state index in [1.807, 2.05) is 44.2 Å². The van der Waals surface area contributed by atoms with Gasteiger partial charge in [0.05, 0.1) is 40.6 Å². The predicted octanol–water partition coefficient (Wildman–Crippen LogP) is 4.12. The summed E-state index contributed by atoms with van der Waals surface area (Å²) in [6, 6.07) is 12.7. The van der Waals surface area contributed by atoms with E-state index in [0.717, 1.165) is 29.1 Å². The monoisotopic (exact) mass is 541 g/mol. The van der Waals surface area contributed by atoms with Crippen molar-refractivity contribution in [1.82, 2.24) is 25.5 Å². The van der Waals surface area contributed by atoms with Gasteiger partial charge in [-0.3, -0.25) is 9.19 Å². The number of aryl methyl sites for hydroxylation is 1. The molecule has 3 heterocycles. The second-order valence-electron chi connectivity index (χ2n) is 9.23. The fourth-order valence-corrected chi connectivity index (χ4v) is 5.00. The van der Waals surface area contributed by atoms with Crippen LogP contribution in [0.3, 0.4) is 0 Å². The van der Waals surface area contributed by atoms with Crippen molar-refractivity contribution in [2.45, 2.75) is 49.9 Å². The first-order valence-corrected chi connectivity index (χ1v) is 13.4. The lowest BCUT2D eigenvalue weighted by Gasteiger charge is -2.10. The minimum absolute atomic E-state index is 0. The summed E-state index contributed by atoms with van der Waals surface area (Å²) in [5, 5.41) is 11.6. The van der Waals surface area contributed by atoms with Crippen molar-refractivity contribution in [2.75, 3.05) is 13.2 Å². The molecule has 0 bridgehead atoms. The third-order valence-electron chi connectivity index (χ3n) is 6.18. The van der Waals surface area contributed by atoms with E-state index in [-0.39, 0.29) is 29.5 Å². The van der Waals surface area contributed by atoms with Gasteiger partial charge in [-0.05, 0) is 43.2 Å². The molecule has 0 radical (unpaired) electrons. The molecule has 11 heteroatoms. The molecule has 2 aromatic carbocycles. The lowest BCUT2D eigenvalue weighted by molar-refractivity contribution is 0.190. The van der Waals surface area contributed by atoms with Crippen molar-refractivity contribution >= 4 is 10.8 Å². The molecule has 3 N–H and O–H groups in total. The summed E-state index contributed by atoms with van der Waals surface area (Å²) in [4.78, 5) is 9.88. The third-order valence-corrected chi connectivity index (χ3v) is 7.78. The van der Waals surface area contributed by atoms with Crippen molar-refractivity contribution in [3.8, 4) is 34.3 Å². The molecule has 2 aromatic heterocycles. The van der Waals surface area contributed by atoms with E-state index in [4.69, 9.17) is 9.15 Å². The molecular weight excluding hydrogens is 509 g/mol. The fourth-order valence-electron chi connectivity index (χ4n) is 4.05. The van der Waals surface area contributed by atoms with Crippen molar-refractivity contribution in [2.24, 2.45) is 0 Å². The molecule has 2 unspecified atom stereocenters. The molecule has 1 fully saturated rings. The topological polar surface area (TPSA) is 135 Å². The van der Waals surface area contributed by atoms with Crippen LogP contribution >= 0.6 is 0 Å². The summed E-state index contributed by atoms with van der Waals surface area (Å²) in [6.45, 7) is 7.62. The largest absolute Gasteiger partial charge is 0.414 e. The molecule has 2 atom stereocenters. The molecule has 4 aromatic rings. The molecule has 1 saturated heterocycles. The van der Waals surface area contributed by atoms with E-state index in [0.29, 0.717) is 36.3 Å². The van der Waals surface area contributed by atoms with Gasteiger partial charge in [-0.15, -0.1) is 10.2 Å². The van der Waals surface area contributed by atoms with Crippen LogP contribution in [0.5, 0.6) is 0 Å². The molecule has 0 spiro atoms. The highest BCUT2D eigenvalue weighted by molar-refractivity contribution is 7.85. The van der Waals surface area contributed by atoms with Gasteiger partial charge in [-0.25, -0.2) is 9.37 Å². The Labute approximate surface area is 224 Å². The van der Waals surface area contributed by atoms with E-state index in [9.17, 15) is 8.60 Å². The SMILES string of the molecule is Cc1ncc(-c2ccc(S(=O)C(C)C)cc2)nc1-c1nnc(-c2ccc(CNC3CCOC3)cc2F)o1.O.[HH]. The minimum atomic E-state index is -1.07. The summed E-state index contributed by atoms with van der Waals surface area (Å²) >= 11 is 0. The van der Waals surface area contributed by atoms with Crippen LogP contribution < -0.4 is 5.32 Å². The Balaban J connectivity index is 0.00000210. The fraction of sp³-hybridized carbons (Fsp3) is 0.333. The normalized spacial score (nSPS) is 16.0. The van der Waals surface area contributed by atoms with E-state index in [2.05, 4.69) is 25.5 Å². The molecule has 0 saturated carbocycles. The summed E-state index contributed by atoms with van der Waals surface area (Å²) < 4.78 is 38.5. The molecule has 202 valence electrons. The molecule has 1 aliphatic rings. The lowest BCUT2D eigenvalue weighted by Crippen LogP contribution is -2.28. The Morgan fingerprint density at radius 1 is 1.16 bits per heavy atom. The summed E-state index contributed by atoms with van der Waals surface area (Å²) in [7, 11) is -1.07. The Kier molecular flexibility index (Phi) is 8.72. The molecule has 1 aliphatic heterocycles. The Hall–Kier alpha value is -3.38. The highest BCUT2D eigenvalue weighted by Gasteiger charge is 2.19. The standard InChI is InChI=1S/C27H28FN5O3S.H2O.H2/c1-16(2)37(34)21-7-5-19(6-8-21)24-14-29-17(3)25(31-24)27-33-32-26(36-27)22-9-4-18(12-23(22)28)13-30-20-10-11-35-15-20;;/h4-9,12,14,16,20,30H,10-11,13,15H2,1-3H3;1H2;1H. The highest BCUT2D eigenvalue weighted by atomic mass is 32.2. The quantitative estimate of drug-likeness (QED) is 0.352. The maximum atomic E-state index is 14.9. The van der Waals surface area contributed by atoms with Crippen LogP contribution in [0.4, 0.5) is 4.39 Å². The third kappa shape index (κ3) is 6.02. The second-order valence-corrected chi connectivity index (χ2v) is 11.2. The maximum absolute atomic E-state index is 14.9. The lowest BCUT2D eigenvalue weighted by atomic mass is 10.1. The molecular formula is C27H32FN5O4S. The van der Waals surface area contributed by atoms with Crippen molar-refractivity contribution in [3.05, 3.63) is 65.7 Å². The number of nitrogens with one attached hydrogen (secondary N) is 1. The minimum Gasteiger partial charge on any atom is -0.414 e. The number of hydrogen-bond donors (Lipinski definition) is 1. The molecule has 5 rings (SSSR count). The number of aromatic nitrogens is 4. The average molecular weight is 542 g/mol. The molecule has 38 heavy (non-hydrogen) atoms. The zero-order chi connectivity index (χ0) is 25.9. The summed E-state index contributed by atoms with van der Waals surface area (Å²) in [5.41, 5.74) is 3.50. The first kappa shape index (κ1) is 27.6. The number of halogens is 1. The van der Waals surface area contributed by atoms with Crippen molar-refractivity contribution < 1.29 is 24.7 Å². The smallest absolute Gasteiger partial charge is 0.268 e. The van der Waals surface area contributed by atoms with Crippen LogP contribution in [0.25, 0.3) is 34.3 Å². The molecule has 0 amide bonds. The van der Waals surface area contributed by atoms with Gasteiger partial charge >= 0.3 is 0 Å². The Morgan fingerprint density at radius 2 is 1.92 bits per heavy atom. The number of nitrogens with zero attached hydrogens (tertiary/aromatic N) is 4. The molecule has 9 nitrogen and oxygen atoms in total. The van der Waals surface area contributed by atoms with Crippen LogP contribution in [0.15, 0.2) is 58.0 Å². The Morgan fingerprint density at radius 3 is 2.61 bits per heavy atom. The average Bonchev–Trinajstić information content (AvgIpc) is 3.60. The van der Waals surface area contributed by atoms with Gasteiger partial charge < -0.3 is 19.9 Å². The highest BCUT2D eigenvalue weighted by Crippen LogP contribution is 2.28. The van der Waals surface area contributed by atoms with Gasteiger partial charge in [0.1, 0.15) is 11.5 Å². The second kappa shape index (κ2) is 12.0. The van der Waals surface area contributed by atoms with Crippen LogP contribution in [0.2, 0.25) is 0 Å². The maximum Gasteiger partial charge on any atom is 0.268 e. The van der Waals surface area contributed by atoms with Gasteiger partial charge in [-0.2, -0.15) is 0 Å². The van der Waals surface area contributed by atoms with Crippen molar-refractivity contribution in [1.29, 1.82) is 0 Å². The van der Waals surface area contributed by atoms with E-state index in [1.165, 1.54) is 6.07 Å². The van der Waals surface area contributed by atoms with Gasteiger partial charge in [-0.1, -0.05) is 32.0 Å². The van der Waals surface area contributed by atoms with Gasteiger partial charge in [0.15, 0.2) is 0 Å². The number of hydrogen-bond acceptors (Lipinski definition) is 8. The van der Waals surface area contributed by atoms with E-state index < -0.39 is 16.6 Å². The van der Waals surface area contributed by atoms with E-state index >= 15 is 0 Å². The first-order valence-electron chi connectivity index (χ1n) is 12.2. The predicted molar refractivity (Wildman–Crippen MR) is 144 cm³/mol. The van der Waals surface area contributed by atoms with Crippen LogP contribution in [0, 0.1) is 12.7 Å². The first-order chi connectivity index (χ1) is 17.9. The zero-order valence-electron chi connectivity index (χ0n) is 21.4. The summed E-state index contributed by atoms with van der Waals surface area (Å²) in [5.74, 6) is -0.207. The van der Waals surface area contributed by atoms with Crippen molar-refractivity contribution in [3.63, 3.8) is 0 Å². The van der Waals surface area contributed by atoms with E-state index in [1.54, 1.807) is 19.2 Å². The van der Waals surface area contributed by atoms with Crippen LogP contribution in [-0.2, 0) is 22.1 Å². The zero-order valence-corrected chi connectivity index (χ0v) is 22.2. The van der Waals surface area contributed by atoms with Gasteiger partial charge in [0.25, 0.3) is 11.8 Å². The summed E-state index contributed by atoms with van der Waals surface area (Å²) in [6.07, 6.45) is 2.62. The number of rotatable bonds is 8. The number of benzene rings is 2. The van der Waals surface area contributed by atoms with Gasteiger partial charge in [0.2, 0.25) is 0 Å². The number of ether oxygens (including phenoxy) is 1. The van der Waals surface area contributed by atoms with Crippen LogP contribution in [-0.4, -0.2) is 54.4 Å².